The van der Waals surface area contributed by atoms with Crippen LogP contribution in [-0.2, 0) is 15.0 Å². The molecular formula is C32H89N3O4. The lowest BCUT2D eigenvalue weighted by Gasteiger charge is -2.68. The van der Waals surface area contributed by atoms with Crippen molar-refractivity contribution in [2.75, 3.05) is 0 Å². The number of hydrogen-bond donors (Lipinski definition) is 1. The Hall–Kier alpha value is -2.59. The standard InChI is InChI=1S/C32H41N3O4.24H2/c1-18-34-26(39-35-18)32-13-11-27(2,3)16-19(32)24-21(36)15-23-28(4)17-20(33-8)25(37)31(7,38)22(28)9-10-29(23,5)30(24,6)12-14-32;;;;;;;;;;;;;;;;;;;;;;;;/h15,17,19,22,24,38H,9-14,16H2,1-7H3;24*1H/t19-,22+,24-,28-,29+,30+,31-,32-;;;;;;;;;;;;;;;;;;;;;;;;/m0......................../s1/i;23*1+2T;1+2. The van der Waals surface area contributed by atoms with Crippen molar-refractivity contribution in [3.05, 3.63) is 46.6 Å². The first-order valence-corrected chi connectivity index (χ1v) is 14.5. The van der Waals surface area contributed by atoms with E-state index < -0.39 is 16.8 Å². The molecule has 7 nitrogen and oxygen atoms in total. The van der Waals surface area contributed by atoms with E-state index in [0.717, 1.165) is 44.1 Å². The van der Waals surface area contributed by atoms with Crippen LogP contribution in [-0.4, -0.2) is 32.4 Å². The molecule has 0 unspecified atom stereocenters. The molecule has 0 spiro atoms. The molecule has 7 heteroatoms. The van der Waals surface area contributed by atoms with Crippen molar-refractivity contribution in [2.45, 2.75) is 104 Å². The zero-order valence-corrected chi connectivity index (χ0v) is 24.4. The number of nitrogens with zero attached hydrogens (tertiary/aromatic N) is 3. The van der Waals surface area contributed by atoms with Crippen LogP contribution in [0.5, 0.6) is 0 Å². The summed E-state index contributed by atoms with van der Waals surface area (Å²) in [5.74, 6) is 0.458. The lowest BCUT2D eigenvalue weighted by atomic mass is 9.34. The van der Waals surface area contributed by atoms with Crippen molar-refractivity contribution in [2.24, 2.45) is 39.4 Å². The maximum atomic E-state index is 14.5. The molecule has 1 N–H and O–H groups in total. The summed E-state index contributed by atoms with van der Waals surface area (Å²) in [5.41, 5.74) is -2.28. The Morgan fingerprint density at radius 2 is 1.79 bits per heavy atom. The number of aryl methyl sites for hydroxylation is 1. The molecule has 256 valence electrons. The molecule has 6 rings (SSSR count). The molecule has 5 aliphatic rings. The van der Waals surface area contributed by atoms with E-state index in [1.54, 1.807) is 13.0 Å². The molecule has 0 saturated heterocycles. The van der Waals surface area contributed by atoms with Crippen molar-refractivity contribution in [1.29, 1.82) is 0 Å². The monoisotopic (exact) mass is 674 g/mol. The van der Waals surface area contributed by atoms with Gasteiger partial charge in [-0.15, -0.1) is 0 Å². The number of aliphatic hydroxyl groups is 1. The fourth-order valence-electron chi connectivity index (χ4n) is 10.2. The summed E-state index contributed by atoms with van der Waals surface area (Å²) in [4.78, 5) is 35.8. The smallest absolute Gasteiger partial charge is 0.233 e. The molecule has 8 atom stereocenters. The van der Waals surface area contributed by atoms with E-state index in [9.17, 15) is 14.7 Å². The van der Waals surface area contributed by atoms with Crippen LogP contribution in [0.4, 0.5) is 0 Å². The number of rotatable bonds is 1. The third kappa shape index (κ3) is 3.18. The summed E-state index contributed by atoms with van der Waals surface area (Å²) < 4.78 is 236. The second kappa shape index (κ2) is 7.78. The van der Waals surface area contributed by atoms with Gasteiger partial charge in [-0.25, -0.2) is 4.85 Å². The van der Waals surface area contributed by atoms with Crippen LogP contribution in [0.3, 0.4) is 0 Å². The Kier molecular flexibility index (Phi) is 2.20. The normalized spacial score (nSPS) is 51.3. The van der Waals surface area contributed by atoms with Crippen molar-refractivity contribution < 1.29 is 88.9 Å². The maximum Gasteiger partial charge on any atom is 0.233 e. The number of allylic oxidation sites excluding steroid dienone is 3. The van der Waals surface area contributed by atoms with Gasteiger partial charge in [-0.05, 0) is 87.0 Å². The molecular weight excluding hydrogens is 490 g/mol. The van der Waals surface area contributed by atoms with Crippen LogP contribution in [0.1, 0.15) is 168 Å². The minimum Gasteiger partial charge on any atom is -0.383 e. The maximum absolute atomic E-state index is 14.5. The summed E-state index contributed by atoms with van der Waals surface area (Å²) in [5, 5.41) is 15.6. The van der Waals surface area contributed by atoms with Crippen LogP contribution in [0.15, 0.2) is 27.9 Å². The summed E-state index contributed by atoms with van der Waals surface area (Å²) in [6.07, 6.45) is 9.71. The zero-order valence-electron chi connectivity index (χ0n) is 70.4. The van der Waals surface area contributed by atoms with Gasteiger partial charge in [0, 0.05) is 87.0 Å². The molecule has 0 radical (unpaired) electrons. The second-order valence-corrected chi connectivity index (χ2v) is 15.0. The van der Waals surface area contributed by atoms with Gasteiger partial charge in [-0.2, -0.15) is 4.98 Å². The largest absolute Gasteiger partial charge is 0.383 e. The van der Waals surface area contributed by atoms with Crippen LogP contribution >= 0.6 is 0 Å². The van der Waals surface area contributed by atoms with Crippen LogP contribution in [0.2, 0.25) is 0 Å². The van der Waals surface area contributed by atoms with Gasteiger partial charge in [-0.1, -0.05) is 51.4 Å². The summed E-state index contributed by atoms with van der Waals surface area (Å²) in [6, 6.07) is 0. The summed E-state index contributed by atoms with van der Waals surface area (Å²) in [6.45, 7) is 22.3. The first kappa shape index (κ1) is 11.0. The number of Topliss-reactive ketones (excluding diaryl/α,β-unsaturated/α-hetero) is 1. The predicted molar refractivity (Wildman–Crippen MR) is 196 cm³/mol. The van der Waals surface area contributed by atoms with Crippen LogP contribution in [0.25, 0.3) is 4.85 Å². The van der Waals surface area contributed by atoms with Gasteiger partial charge in [0.15, 0.2) is 17.4 Å². The highest BCUT2D eigenvalue weighted by molar-refractivity contribution is 6.05. The lowest BCUT2D eigenvalue weighted by Crippen LogP contribution is -2.66. The third-order valence-electron chi connectivity index (χ3n) is 12.5. The molecule has 0 bridgehead atoms. The fourth-order valence-corrected chi connectivity index (χ4v) is 10.2. The number of carbonyl (C=O) groups is 2. The number of ketones is 2. The van der Waals surface area contributed by atoms with Gasteiger partial charge in [0.05, 0.1) is 12.0 Å². The highest BCUT2D eigenvalue weighted by atomic mass is 16.5. The molecule has 5 aliphatic carbocycles. The van der Waals surface area contributed by atoms with Crippen molar-refractivity contribution in [3.8, 4) is 0 Å². The average Bonchev–Trinajstić information content (AvgIpc) is 4.07. The number of carbonyl (C=O) groups excluding carboxylic acids is 2. The Labute approximate surface area is 303 Å². The third-order valence-corrected chi connectivity index (χ3v) is 12.5. The average molecular weight is 674 g/mol. The molecule has 1 aromatic rings. The molecule has 0 aromatic carbocycles. The van der Waals surface area contributed by atoms with Crippen molar-refractivity contribution in [3.63, 3.8) is 0 Å². The van der Waals surface area contributed by atoms with Crippen molar-refractivity contribution in [1.82, 2.24) is 10.1 Å². The Bertz CT molecular complexity index is 1480. The molecule has 3 saturated carbocycles. The van der Waals surface area contributed by atoms with E-state index in [2.05, 4.69) is 37.7 Å². The van der Waals surface area contributed by atoms with Gasteiger partial charge in [0.1, 0.15) is 5.60 Å². The number of hydrogen-bond acceptors (Lipinski definition) is 6. The van der Waals surface area contributed by atoms with Crippen molar-refractivity contribution >= 4 is 11.6 Å². The fraction of sp³-hybridized carbons (Fsp3) is 0.719. The minimum absolute atomic E-state index is 0. The zero-order chi connectivity index (χ0) is 74.4. The van der Waals surface area contributed by atoms with E-state index in [-0.39, 0.29) is 52.3 Å². The van der Waals surface area contributed by atoms with E-state index in [4.69, 9.17) is 84.4 Å². The van der Waals surface area contributed by atoms with Gasteiger partial charge >= 0.3 is 0 Å². The number of fused-ring (bicyclic) bond motifs is 7. The molecule has 39 heavy (non-hydrogen) atoms. The van der Waals surface area contributed by atoms with E-state index in [1.165, 1.54) is 0 Å². The topological polar surface area (TPSA) is 97.7 Å². The first-order chi connectivity index (χ1) is 41.1. The predicted octanol–water partition coefficient (Wildman–Crippen LogP) is 11.8. The Morgan fingerprint density at radius 3 is 2.44 bits per heavy atom. The summed E-state index contributed by atoms with van der Waals surface area (Å²) >= 11 is 0. The van der Waals surface area contributed by atoms with E-state index in [1.807, 2.05) is 19.9 Å². The van der Waals surface area contributed by atoms with Gasteiger partial charge in [0.25, 0.3) is 0 Å². The summed E-state index contributed by atoms with van der Waals surface area (Å²) in [7, 11) is 0. The molecule has 3 fully saturated rings. The first-order valence-electron chi connectivity index (χ1n) is 37.5. The van der Waals surface area contributed by atoms with Gasteiger partial charge in [-0.3, -0.25) is 4.79 Å². The highest BCUT2D eigenvalue weighted by Gasteiger charge is 2.71. The van der Waals surface area contributed by atoms with E-state index in [0.29, 0.717) is 18.1 Å². The quantitative estimate of drug-likeness (QED) is 0.298. The van der Waals surface area contributed by atoms with Crippen LogP contribution in [0, 0.1) is 52.9 Å². The number of aromatic nitrogens is 2. The Balaban J connectivity index is -0.0000000477. The highest BCUT2D eigenvalue weighted by Crippen LogP contribution is 2.74. The Morgan fingerprint density at radius 1 is 1.10 bits per heavy atom. The molecule has 0 aliphatic heterocycles. The molecule has 1 heterocycles. The van der Waals surface area contributed by atoms with Crippen LogP contribution < -0.4 is 0 Å². The minimum atomic E-state index is -1.64. The molecule has 0 amide bonds. The van der Waals surface area contributed by atoms with Gasteiger partial charge < -0.3 is 14.4 Å². The molecule has 1 aromatic heterocycles. The van der Waals surface area contributed by atoms with Gasteiger partial charge in [0.2, 0.25) is 11.6 Å². The van der Waals surface area contributed by atoms with E-state index >= 15 is 0 Å². The lowest BCUT2D eigenvalue weighted by molar-refractivity contribution is -0.167. The SMILES string of the molecule is [3HH].[3H][3H].[3H][3H].[3H][3H].[3H][3H].[3H][3H].[3H][3H].[3H][3H].[3H][3H].[3H][3H].[3H][3H].[3H][3H].[3H][3H].[3H][3H].[3H][3H].[3H][3H].[3H][3H].[3H][3H].[3H][3H].[3H][3H].[3H][3H].[3H][3H].[3H][3H].[3H][3H].[C-]#[N+]C1=C[C@]2(C)C3=CC(=O)[C@@H]4[C@@H]5CC(C)(C)CC[C@]5(c5nc(C)no5)CC[C@@]4(C)[C@]3(C)CC[C@H]2[C@](C)(O)C1=O. The second-order valence-electron chi connectivity index (χ2n) is 15.0.